The van der Waals surface area contributed by atoms with Gasteiger partial charge in [-0.2, -0.15) is 13.2 Å². The Hall–Kier alpha value is -3.11. The van der Waals surface area contributed by atoms with E-state index in [2.05, 4.69) is 0 Å². The predicted octanol–water partition coefficient (Wildman–Crippen LogP) is 3.28. The minimum absolute atomic E-state index is 0.0859. The molecule has 0 atom stereocenters. The van der Waals surface area contributed by atoms with Gasteiger partial charge in [-0.1, -0.05) is 12.1 Å². The van der Waals surface area contributed by atoms with Crippen LogP contribution in [-0.4, -0.2) is 48.3 Å². The van der Waals surface area contributed by atoms with Gasteiger partial charge in [-0.05, 0) is 42.0 Å². The smallest absolute Gasteiger partial charge is 0.378 e. The number of anilines is 1. The summed E-state index contributed by atoms with van der Waals surface area (Å²) in [5.41, 5.74) is 1.93. The molecule has 0 radical (unpaired) electrons. The van der Waals surface area contributed by atoms with Gasteiger partial charge >= 0.3 is 12.2 Å². The molecule has 7 nitrogen and oxygen atoms in total. The van der Waals surface area contributed by atoms with Gasteiger partial charge in [0, 0.05) is 24.3 Å². The van der Waals surface area contributed by atoms with E-state index < -0.39 is 17.6 Å². The topological polar surface area (TPSA) is 82.1 Å². The standard InChI is InChI=1S/C20H20F3N3O4/c21-20(22,23)16-5-7-17(8-6-16)26(19(28)25-9-11-30-12-10-25)13-14-1-3-15(4-2-14)18(27)24-29/h1-8,29H,9-13H2,(H,24,27). The summed E-state index contributed by atoms with van der Waals surface area (Å²) in [6.45, 7) is 1.62. The molecule has 30 heavy (non-hydrogen) atoms. The molecule has 2 N–H and O–H groups in total. The number of carbonyl (C=O) groups excluding carboxylic acids is 2. The summed E-state index contributed by atoms with van der Waals surface area (Å²) in [6, 6.07) is 10.2. The van der Waals surface area contributed by atoms with Crippen molar-refractivity contribution in [3.05, 3.63) is 65.2 Å². The van der Waals surface area contributed by atoms with Crippen molar-refractivity contribution in [2.75, 3.05) is 31.2 Å². The van der Waals surface area contributed by atoms with Crippen molar-refractivity contribution < 1.29 is 32.7 Å². The average molecular weight is 423 g/mol. The number of benzene rings is 2. The second kappa shape index (κ2) is 9.14. The Bertz CT molecular complexity index is 880. The van der Waals surface area contributed by atoms with Crippen LogP contribution in [0.25, 0.3) is 0 Å². The lowest BCUT2D eigenvalue weighted by Crippen LogP contribution is -2.48. The Kier molecular flexibility index (Phi) is 6.58. The molecule has 0 bridgehead atoms. The number of ether oxygens (including phenoxy) is 1. The molecule has 1 aliphatic rings. The van der Waals surface area contributed by atoms with E-state index in [4.69, 9.17) is 9.94 Å². The fourth-order valence-corrected chi connectivity index (χ4v) is 3.03. The summed E-state index contributed by atoms with van der Waals surface area (Å²) < 4.78 is 43.9. The highest BCUT2D eigenvalue weighted by Crippen LogP contribution is 2.31. The van der Waals surface area contributed by atoms with Crippen LogP contribution in [0.3, 0.4) is 0 Å². The van der Waals surface area contributed by atoms with Crippen LogP contribution in [0.15, 0.2) is 48.5 Å². The van der Waals surface area contributed by atoms with Crippen molar-refractivity contribution in [1.82, 2.24) is 10.4 Å². The highest BCUT2D eigenvalue weighted by molar-refractivity contribution is 5.94. The van der Waals surface area contributed by atoms with Crippen LogP contribution in [0.5, 0.6) is 0 Å². The van der Waals surface area contributed by atoms with E-state index in [0.29, 0.717) is 37.6 Å². The predicted molar refractivity (Wildman–Crippen MR) is 101 cm³/mol. The monoisotopic (exact) mass is 423 g/mol. The van der Waals surface area contributed by atoms with Gasteiger partial charge in [-0.25, -0.2) is 10.3 Å². The number of rotatable bonds is 4. The molecular weight excluding hydrogens is 403 g/mol. The molecule has 0 aromatic heterocycles. The summed E-state index contributed by atoms with van der Waals surface area (Å²) in [7, 11) is 0. The van der Waals surface area contributed by atoms with Crippen LogP contribution in [-0.2, 0) is 17.5 Å². The van der Waals surface area contributed by atoms with E-state index in [0.717, 1.165) is 12.1 Å². The van der Waals surface area contributed by atoms with E-state index in [1.165, 1.54) is 34.6 Å². The molecule has 3 amide bonds. The fourth-order valence-electron chi connectivity index (χ4n) is 3.03. The summed E-state index contributed by atoms with van der Waals surface area (Å²) in [6.07, 6.45) is -4.47. The molecule has 1 aliphatic heterocycles. The lowest BCUT2D eigenvalue weighted by Gasteiger charge is -2.33. The van der Waals surface area contributed by atoms with Crippen LogP contribution in [0.2, 0.25) is 0 Å². The fraction of sp³-hybridized carbons (Fsp3) is 0.300. The SMILES string of the molecule is O=C(NO)c1ccc(CN(C(=O)N2CCOCC2)c2ccc(C(F)(F)F)cc2)cc1. The quantitative estimate of drug-likeness (QED) is 0.584. The molecule has 2 aromatic carbocycles. The zero-order chi connectivity index (χ0) is 21.7. The first-order valence-electron chi connectivity index (χ1n) is 9.14. The number of halogens is 3. The van der Waals surface area contributed by atoms with Gasteiger partial charge in [0.25, 0.3) is 5.91 Å². The zero-order valence-corrected chi connectivity index (χ0v) is 15.9. The lowest BCUT2D eigenvalue weighted by atomic mass is 10.1. The molecule has 1 heterocycles. The minimum Gasteiger partial charge on any atom is -0.378 e. The Morgan fingerprint density at radius 2 is 1.63 bits per heavy atom. The second-order valence-corrected chi connectivity index (χ2v) is 6.65. The molecular formula is C20H20F3N3O4. The van der Waals surface area contributed by atoms with Gasteiger partial charge in [0.15, 0.2) is 0 Å². The van der Waals surface area contributed by atoms with Crippen LogP contribution in [0.1, 0.15) is 21.5 Å². The molecule has 3 rings (SSSR count). The highest BCUT2D eigenvalue weighted by atomic mass is 19.4. The van der Waals surface area contributed by atoms with Gasteiger partial charge in [0.05, 0.1) is 25.3 Å². The number of nitrogens with zero attached hydrogens (tertiary/aromatic N) is 2. The van der Waals surface area contributed by atoms with Gasteiger partial charge in [-0.15, -0.1) is 0 Å². The van der Waals surface area contributed by atoms with E-state index in [9.17, 15) is 22.8 Å². The molecule has 10 heteroatoms. The Morgan fingerprint density at radius 3 is 2.17 bits per heavy atom. The third-order valence-corrected chi connectivity index (χ3v) is 4.68. The van der Waals surface area contributed by atoms with Gasteiger partial charge in [-0.3, -0.25) is 14.9 Å². The van der Waals surface area contributed by atoms with Crippen LogP contribution < -0.4 is 10.4 Å². The maximum absolute atomic E-state index is 13.1. The summed E-state index contributed by atoms with van der Waals surface area (Å²) in [4.78, 5) is 27.5. The third kappa shape index (κ3) is 5.08. The zero-order valence-electron chi connectivity index (χ0n) is 15.9. The van der Waals surface area contributed by atoms with Crippen molar-refractivity contribution in [2.45, 2.75) is 12.7 Å². The van der Waals surface area contributed by atoms with Crippen LogP contribution in [0.4, 0.5) is 23.7 Å². The van der Waals surface area contributed by atoms with E-state index in [1.54, 1.807) is 17.0 Å². The molecule has 0 saturated carbocycles. The van der Waals surface area contributed by atoms with Crippen molar-refractivity contribution in [3.8, 4) is 0 Å². The minimum atomic E-state index is -4.47. The lowest BCUT2D eigenvalue weighted by molar-refractivity contribution is -0.137. The number of hydroxylamine groups is 1. The Balaban J connectivity index is 1.87. The number of hydrogen-bond acceptors (Lipinski definition) is 4. The normalized spacial score (nSPS) is 14.3. The first kappa shape index (κ1) is 21.6. The number of amides is 3. The molecule has 2 aromatic rings. The number of carbonyl (C=O) groups is 2. The maximum atomic E-state index is 13.1. The third-order valence-electron chi connectivity index (χ3n) is 4.68. The molecule has 1 fully saturated rings. The summed E-state index contributed by atoms with van der Waals surface area (Å²) in [5.74, 6) is -0.675. The molecule has 1 saturated heterocycles. The molecule has 0 unspecified atom stereocenters. The van der Waals surface area contributed by atoms with Crippen molar-refractivity contribution in [3.63, 3.8) is 0 Å². The van der Waals surface area contributed by atoms with E-state index in [-0.39, 0.29) is 18.1 Å². The Morgan fingerprint density at radius 1 is 1.03 bits per heavy atom. The number of morpholine rings is 1. The summed E-state index contributed by atoms with van der Waals surface area (Å²) in [5, 5.41) is 8.70. The van der Waals surface area contributed by atoms with E-state index in [1.807, 2.05) is 0 Å². The number of alkyl halides is 3. The number of nitrogens with one attached hydrogen (secondary N) is 1. The average Bonchev–Trinajstić information content (AvgIpc) is 2.77. The maximum Gasteiger partial charge on any atom is 0.416 e. The molecule has 0 spiro atoms. The van der Waals surface area contributed by atoms with Crippen molar-refractivity contribution in [2.24, 2.45) is 0 Å². The van der Waals surface area contributed by atoms with Crippen LogP contribution >= 0.6 is 0 Å². The first-order valence-corrected chi connectivity index (χ1v) is 9.14. The molecule has 0 aliphatic carbocycles. The number of urea groups is 1. The number of hydrogen-bond donors (Lipinski definition) is 2. The van der Waals surface area contributed by atoms with Crippen molar-refractivity contribution >= 4 is 17.6 Å². The van der Waals surface area contributed by atoms with Crippen molar-refractivity contribution in [1.29, 1.82) is 0 Å². The highest BCUT2D eigenvalue weighted by Gasteiger charge is 2.31. The van der Waals surface area contributed by atoms with Gasteiger partial charge in [0.1, 0.15) is 0 Å². The first-order chi connectivity index (χ1) is 14.3. The van der Waals surface area contributed by atoms with E-state index >= 15 is 0 Å². The second-order valence-electron chi connectivity index (χ2n) is 6.65. The van der Waals surface area contributed by atoms with Gasteiger partial charge in [0.2, 0.25) is 0 Å². The Labute approximate surface area is 170 Å². The summed E-state index contributed by atoms with van der Waals surface area (Å²) >= 11 is 0. The largest absolute Gasteiger partial charge is 0.416 e. The molecule has 160 valence electrons. The van der Waals surface area contributed by atoms with Gasteiger partial charge < -0.3 is 9.64 Å². The van der Waals surface area contributed by atoms with Crippen LogP contribution in [0, 0.1) is 0 Å².